The summed E-state index contributed by atoms with van der Waals surface area (Å²) in [5.41, 5.74) is 8.88. The van der Waals surface area contributed by atoms with Crippen LogP contribution in [0.2, 0.25) is 0 Å². The van der Waals surface area contributed by atoms with Crippen molar-refractivity contribution in [2.24, 2.45) is 5.73 Å². The molecule has 4 rings (SSSR count). The Morgan fingerprint density at radius 1 is 0.914 bits per heavy atom. The summed E-state index contributed by atoms with van der Waals surface area (Å²) in [4.78, 5) is 28.7. The summed E-state index contributed by atoms with van der Waals surface area (Å²) >= 11 is 0. The van der Waals surface area contributed by atoms with Crippen molar-refractivity contribution >= 4 is 11.8 Å². The smallest absolute Gasteiger partial charge is 0.256 e. The summed E-state index contributed by atoms with van der Waals surface area (Å²) in [7, 11) is 0. The number of piperazine rings is 1. The van der Waals surface area contributed by atoms with Gasteiger partial charge in [0.05, 0.1) is 11.1 Å². The molecule has 3 aromatic carbocycles. The number of benzene rings is 3. The molecule has 182 valence electrons. The van der Waals surface area contributed by atoms with E-state index in [4.69, 9.17) is 10.5 Å². The lowest BCUT2D eigenvalue weighted by Gasteiger charge is -2.35. The van der Waals surface area contributed by atoms with Crippen LogP contribution in [0.1, 0.15) is 37.4 Å². The molecule has 7 heteroatoms. The van der Waals surface area contributed by atoms with Crippen molar-refractivity contribution in [3.05, 3.63) is 100 Å². The van der Waals surface area contributed by atoms with Crippen molar-refractivity contribution in [1.82, 2.24) is 9.80 Å². The molecule has 6 nitrogen and oxygen atoms in total. The Bertz CT molecular complexity index is 1210. The Balaban J connectivity index is 1.34. The van der Waals surface area contributed by atoms with Crippen molar-refractivity contribution in [3.63, 3.8) is 0 Å². The molecule has 0 unspecified atom stereocenters. The van der Waals surface area contributed by atoms with Gasteiger partial charge in [0.2, 0.25) is 0 Å². The SMILES string of the molecule is Cc1cccc(CCN2CCN(C(=O)c3cc(COc4ccccc4C(N)=O)ccc3F)CC2)c1. The number of halogens is 1. The first-order valence-electron chi connectivity index (χ1n) is 11.8. The summed E-state index contributed by atoms with van der Waals surface area (Å²) in [5, 5.41) is 0. The van der Waals surface area contributed by atoms with Crippen molar-refractivity contribution in [2.75, 3.05) is 32.7 Å². The summed E-state index contributed by atoms with van der Waals surface area (Å²) in [6, 6.07) is 19.5. The van der Waals surface area contributed by atoms with Crippen LogP contribution in [0.3, 0.4) is 0 Å². The van der Waals surface area contributed by atoms with E-state index >= 15 is 0 Å². The number of ether oxygens (including phenoxy) is 1. The van der Waals surface area contributed by atoms with Crippen molar-refractivity contribution in [2.45, 2.75) is 20.0 Å². The third-order valence-corrected chi connectivity index (χ3v) is 6.27. The van der Waals surface area contributed by atoms with Gasteiger partial charge in [-0.05, 0) is 48.7 Å². The number of nitrogens with two attached hydrogens (primary N) is 1. The van der Waals surface area contributed by atoms with Gasteiger partial charge in [-0.3, -0.25) is 14.5 Å². The van der Waals surface area contributed by atoms with Crippen LogP contribution in [0.25, 0.3) is 0 Å². The molecule has 35 heavy (non-hydrogen) atoms. The minimum atomic E-state index is -0.589. The van der Waals surface area contributed by atoms with Gasteiger partial charge in [0.25, 0.3) is 11.8 Å². The van der Waals surface area contributed by atoms with Crippen molar-refractivity contribution in [3.8, 4) is 5.75 Å². The molecule has 0 radical (unpaired) electrons. The van der Waals surface area contributed by atoms with Crippen LogP contribution in [-0.4, -0.2) is 54.3 Å². The topological polar surface area (TPSA) is 75.9 Å². The minimum absolute atomic E-state index is 0.0301. The molecule has 0 aromatic heterocycles. The monoisotopic (exact) mass is 475 g/mol. The van der Waals surface area contributed by atoms with Gasteiger partial charge in [0.1, 0.15) is 18.2 Å². The number of nitrogens with zero attached hydrogens (tertiary/aromatic N) is 2. The average Bonchev–Trinajstić information content (AvgIpc) is 2.87. The van der Waals surface area contributed by atoms with E-state index in [1.165, 1.54) is 23.3 Å². The number of hydrogen-bond acceptors (Lipinski definition) is 4. The van der Waals surface area contributed by atoms with Crippen LogP contribution in [-0.2, 0) is 13.0 Å². The third kappa shape index (κ3) is 6.25. The van der Waals surface area contributed by atoms with Crippen molar-refractivity contribution in [1.29, 1.82) is 0 Å². The van der Waals surface area contributed by atoms with Gasteiger partial charge in [0, 0.05) is 32.7 Å². The van der Waals surface area contributed by atoms with E-state index in [0.717, 1.165) is 26.1 Å². The highest BCUT2D eigenvalue weighted by atomic mass is 19.1. The zero-order valence-electron chi connectivity index (χ0n) is 19.9. The molecule has 1 heterocycles. The molecular weight excluding hydrogens is 445 g/mol. The Labute approximate surface area is 205 Å². The molecular formula is C28H30FN3O3. The highest BCUT2D eigenvalue weighted by Gasteiger charge is 2.24. The Morgan fingerprint density at radius 3 is 2.43 bits per heavy atom. The van der Waals surface area contributed by atoms with Crippen LogP contribution in [0.15, 0.2) is 66.7 Å². The lowest BCUT2D eigenvalue weighted by molar-refractivity contribution is 0.0633. The van der Waals surface area contributed by atoms with E-state index in [-0.39, 0.29) is 23.6 Å². The second-order valence-corrected chi connectivity index (χ2v) is 8.84. The molecule has 2 N–H and O–H groups in total. The fourth-order valence-corrected chi connectivity index (χ4v) is 4.28. The quantitative estimate of drug-likeness (QED) is 0.538. The number of amides is 2. The number of hydrogen-bond donors (Lipinski definition) is 1. The standard InChI is InChI=1S/C28H30FN3O3/c1-20-5-4-6-21(17-20)11-12-31-13-15-32(16-14-31)28(34)24-18-22(9-10-25(24)29)19-35-26-8-3-2-7-23(26)27(30)33/h2-10,17-18H,11-16,19H2,1H3,(H2,30,33). The molecule has 0 saturated carbocycles. The van der Waals surface area contributed by atoms with Crippen LogP contribution in [0.4, 0.5) is 4.39 Å². The van der Waals surface area contributed by atoms with E-state index in [2.05, 4.69) is 36.1 Å². The first-order chi connectivity index (χ1) is 16.9. The predicted molar refractivity (Wildman–Crippen MR) is 133 cm³/mol. The maximum Gasteiger partial charge on any atom is 0.256 e. The zero-order chi connectivity index (χ0) is 24.8. The lowest BCUT2D eigenvalue weighted by Crippen LogP contribution is -2.49. The summed E-state index contributed by atoms with van der Waals surface area (Å²) in [6.07, 6.45) is 0.963. The maximum absolute atomic E-state index is 14.6. The molecule has 0 aliphatic carbocycles. The zero-order valence-corrected chi connectivity index (χ0v) is 19.9. The number of para-hydroxylation sites is 1. The van der Waals surface area contributed by atoms with Gasteiger partial charge >= 0.3 is 0 Å². The molecule has 0 bridgehead atoms. The molecule has 1 aliphatic rings. The number of carbonyl (C=O) groups is 2. The molecule has 3 aromatic rings. The van der Waals surface area contributed by atoms with Crippen molar-refractivity contribution < 1.29 is 18.7 Å². The summed E-state index contributed by atoms with van der Waals surface area (Å²) in [6.45, 7) is 5.72. The van der Waals surface area contributed by atoms with E-state index < -0.39 is 11.7 Å². The normalized spacial score (nSPS) is 14.1. The van der Waals surface area contributed by atoms with Gasteiger partial charge in [-0.25, -0.2) is 4.39 Å². The molecule has 2 amide bonds. The van der Waals surface area contributed by atoms with Gasteiger partial charge in [-0.1, -0.05) is 48.0 Å². The fraction of sp³-hybridized carbons (Fsp3) is 0.286. The molecule has 0 atom stereocenters. The van der Waals surface area contributed by atoms with Gasteiger partial charge in [-0.2, -0.15) is 0 Å². The number of carbonyl (C=O) groups excluding carboxylic acids is 2. The van der Waals surface area contributed by atoms with Gasteiger partial charge in [-0.15, -0.1) is 0 Å². The Morgan fingerprint density at radius 2 is 1.69 bits per heavy atom. The summed E-state index contributed by atoms with van der Waals surface area (Å²) < 4.78 is 20.3. The van der Waals surface area contributed by atoms with E-state index in [1.807, 2.05) is 0 Å². The van der Waals surface area contributed by atoms with Gasteiger partial charge < -0.3 is 15.4 Å². The largest absolute Gasteiger partial charge is 0.488 e. The highest BCUT2D eigenvalue weighted by molar-refractivity contribution is 5.95. The number of aryl methyl sites for hydroxylation is 1. The van der Waals surface area contributed by atoms with Crippen LogP contribution < -0.4 is 10.5 Å². The first kappa shape index (κ1) is 24.4. The molecule has 0 spiro atoms. The summed E-state index contributed by atoms with van der Waals surface area (Å²) in [5.74, 6) is -1.12. The second kappa shape index (κ2) is 11.1. The number of rotatable bonds is 8. The predicted octanol–water partition coefficient (Wildman–Crippen LogP) is 3.81. The molecule has 1 fully saturated rings. The van der Waals surface area contributed by atoms with E-state index in [9.17, 15) is 14.0 Å². The number of primary amides is 1. The van der Waals surface area contributed by atoms with Crippen LogP contribution >= 0.6 is 0 Å². The lowest BCUT2D eigenvalue weighted by atomic mass is 10.1. The second-order valence-electron chi connectivity index (χ2n) is 8.84. The molecule has 1 saturated heterocycles. The van der Waals surface area contributed by atoms with Gasteiger partial charge in [0.15, 0.2) is 0 Å². The average molecular weight is 476 g/mol. The Hall–Kier alpha value is -3.71. The van der Waals surface area contributed by atoms with E-state index in [1.54, 1.807) is 35.2 Å². The molecule has 1 aliphatic heterocycles. The van der Waals surface area contributed by atoms with Crippen LogP contribution in [0.5, 0.6) is 5.75 Å². The fourth-order valence-electron chi connectivity index (χ4n) is 4.28. The van der Waals surface area contributed by atoms with E-state index in [0.29, 0.717) is 24.4 Å². The first-order valence-corrected chi connectivity index (χ1v) is 11.8. The maximum atomic E-state index is 14.6. The minimum Gasteiger partial charge on any atom is -0.488 e. The Kier molecular flexibility index (Phi) is 7.77. The highest BCUT2D eigenvalue weighted by Crippen LogP contribution is 2.21. The third-order valence-electron chi connectivity index (χ3n) is 6.27. The van der Waals surface area contributed by atoms with Crippen LogP contribution in [0, 0.1) is 12.7 Å².